The van der Waals surface area contributed by atoms with Crippen LogP contribution >= 0.6 is 11.3 Å². The number of hydrogen-bond donors (Lipinski definition) is 2. The van der Waals surface area contributed by atoms with Gasteiger partial charge in [0.05, 0.1) is 12.8 Å². The number of aromatic nitrogens is 1. The van der Waals surface area contributed by atoms with Gasteiger partial charge in [-0.1, -0.05) is 36.4 Å². The van der Waals surface area contributed by atoms with Gasteiger partial charge in [0.1, 0.15) is 10.6 Å². The van der Waals surface area contributed by atoms with E-state index >= 15 is 0 Å². The number of fused-ring (bicyclic) bond motifs is 1. The van der Waals surface area contributed by atoms with Gasteiger partial charge in [0, 0.05) is 22.5 Å². The molecule has 0 atom stereocenters. The Morgan fingerprint density at radius 1 is 1.03 bits per heavy atom. The second-order valence-corrected chi connectivity index (χ2v) is 10.2. The van der Waals surface area contributed by atoms with Crippen molar-refractivity contribution in [3.63, 3.8) is 0 Å². The fourth-order valence-electron chi connectivity index (χ4n) is 3.38. The van der Waals surface area contributed by atoms with Crippen molar-refractivity contribution >= 4 is 43.2 Å². The number of nitrogens with zero attached hydrogens (tertiary/aromatic N) is 1. The summed E-state index contributed by atoms with van der Waals surface area (Å²) in [5.74, 6) is -0.300. The molecule has 0 aliphatic heterocycles. The Kier molecular flexibility index (Phi) is 6.46. The van der Waals surface area contributed by atoms with Crippen LogP contribution in [0.4, 0.5) is 5.13 Å². The molecule has 0 bridgehead atoms. The highest BCUT2D eigenvalue weighted by atomic mass is 32.2. The third-order valence-electron chi connectivity index (χ3n) is 4.88. The first kappa shape index (κ1) is 22.9. The number of hydrogen-bond acceptors (Lipinski definition) is 6. The van der Waals surface area contributed by atoms with Crippen LogP contribution in [0, 0.1) is 0 Å². The van der Waals surface area contributed by atoms with E-state index in [1.165, 1.54) is 36.6 Å². The minimum absolute atomic E-state index is 0.0951. The Balaban J connectivity index is 1.57. The van der Waals surface area contributed by atoms with Gasteiger partial charge >= 0.3 is 0 Å². The van der Waals surface area contributed by atoms with Crippen LogP contribution in [-0.4, -0.2) is 32.5 Å². The summed E-state index contributed by atoms with van der Waals surface area (Å²) in [5, 5.41) is 7.29. The maximum absolute atomic E-state index is 12.8. The molecule has 0 fully saturated rings. The Morgan fingerprint density at radius 3 is 2.52 bits per heavy atom. The SMILES string of the molecule is COc1ccc(C(=O)Nc2nc(-c3ccc4ccccc4c3)cs2)cc1S(=O)(=O)NC(C)C. The lowest BCUT2D eigenvalue weighted by Gasteiger charge is -2.14. The van der Waals surface area contributed by atoms with Crippen LogP contribution in [0.3, 0.4) is 0 Å². The molecule has 0 radical (unpaired) electrons. The van der Waals surface area contributed by atoms with E-state index in [0.29, 0.717) is 5.13 Å². The molecule has 7 nitrogen and oxygen atoms in total. The van der Waals surface area contributed by atoms with Gasteiger partial charge < -0.3 is 4.74 Å². The number of nitrogens with one attached hydrogen (secondary N) is 2. The highest BCUT2D eigenvalue weighted by Gasteiger charge is 2.23. The highest BCUT2D eigenvalue weighted by molar-refractivity contribution is 7.89. The topological polar surface area (TPSA) is 97.4 Å². The summed E-state index contributed by atoms with van der Waals surface area (Å²) < 4.78 is 33.0. The lowest BCUT2D eigenvalue weighted by molar-refractivity contribution is 0.102. The molecule has 0 aliphatic carbocycles. The lowest BCUT2D eigenvalue weighted by Crippen LogP contribution is -2.30. The normalized spacial score (nSPS) is 11.6. The number of rotatable bonds is 7. The smallest absolute Gasteiger partial charge is 0.257 e. The van der Waals surface area contributed by atoms with Gasteiger partial charge in [0.15, 0.2) is 5.13 Å². The first-order chi connectivity index (χ1) is 15.8. The second-order valence-electron chi connectivity index (χ2n) is 7.70. The Morgan fingerprint density at radius 2 is 1.79 bits per heavy atom. The van der Waals surface area contributed by atoms with Crippen molar-refractivity contribution < 1.29 is 17.9 Å². The average molecular weight is 482 g/mol. The molecular weight excluding hydrogens is 458 g/mol. The Hall–Kier alpha value is -3.27. The van der Waals surface area contributed by atoms with Gasteiger partial charge in [-0.05, 0) is 48.9 Å². The maximum Gasteiger partial charge on any atom is 0.257 e. The van der Waals surface area contributed by atoms with Crippen molar-refractivity contribution in [2.24, 2.45) is 0 Å². The van der Waals surface area contributed by atoms with E-state index in [0.717, 1.165) is 22.0 Å². The van der Waals surface area contributed by atoms with Crippen molar-refractivity contribution in [3.8, 4) is 17.0 Å². The zero-order chi connectivity index (χ0) is 23.6. The number of carbonyl (C=O) groups is 1. The van der Waals surface area contributed by atoms with Crippen molar-refractivity contribution in [1.29, 1.82) is 0 Å². The molecule has 9 heteroatoms. The van der Waals surface area contributed by atoms with E-state index in [2.05, 4.69) is 21.1 Å². The molecule has 0 saturated carbocycles. The molecule has 3 aromatic carbocycles. The Bertz CT molecular complexity index is 1430. The molecule has 2 N–H and O–H groups in total. The molecule has 0 aliphatic rings. The van der Waals surface area contributed by atoms with Crippen molar-refractivity contribution in [2.75, 3.05) is 12.4 Å². The van der Waals surface area contributed by atoms with Gasteiger partial charge in [-0.3, -0.25) is 10.1 Å². The van der Waals surface area contributed by atoms with Crippen molar-refractivity contribution in [1.82, 2.24) is 9.71 Å². The van der Waals surface area contributed by atoms with Gasteiger partial charge in [-0.15, -0.1) is 11.3 Å². The first-order valence-corrected chi connectivity index (χ1v) is 12.6. The van der Waals surface area contributed by atoms with Crippen LogP contribution < -0.4 is 14.8 Å². The largest absolute Gasteiger partial charge is 0.495 e. The van der Waals surface area contributed by atoms with Crippen molar-refractivity contribution in [2.45, 2.75) is 24.8 Å². The van der Waals surface area contributed by atoms with Gasteiger partial charge in [0.2, 0.25) is 10.0 Å². The van der Waals surface area contributed by atoms with Crippen LogP contribution in [0.2, 0.25) is 0 Å². The summed E-state index contributed by atoms with van der Waals surface area (Å²) in [5.41, 5.74) is 1.88. The van der Waals surface area contributed by atoms with Crippen LogP contribution in [0.15, 0.2) is 70.9 Å². The van der Waals surface area contributed by atoms with E-state index in [9.17, 15) is 13.2 Å². The minimum Gasteiger partial charge on any atom is -0.495 e. The Labute approximate surface area is 196 Å². The lowest BCUT2D eigenvalue weighted by atomic mass is 10.1. The van der Waals surface area contributed by atoms with E-state index in [1.54, 1.807) is 13.8 Å². The van der Waals surface area contributed by atoms with Crippen LogP contribution in [-0.2, 0) is 10.0 Å². The molecule has 0 unspecified atom stereocenters. The average Bonchev–Trinajstić information content (AvgIpc) is 3.26. The van der Waals surface area contributed by atoms with E-state index in [4.69, 9.17) is 4.74 Å². The summed E-state index contributed by atoms with van der Waals surface area (Å²) >= 11 is 1.30. The summed E-state index contributed by atoms with van der Waals surface area (Å²) in [6, 6.07) is 18.1. The van der Waals surface area contributed by atoms with Gasteiger partial charge in [-0.2, -0.15) is 0 Å². The van der Waals surface area contributed by atoms with Crippen LogP contribution in [0.25, 0.3) is 22.0 Å². The van der Waals surface area contributed by atoms with E-state index < -0.39 is 15.9 Å². The van der Waals surface area contributed by atoms with Crippen LogP contribution in [0.5, 0.6) is 5.75 Å². The summed E-state index contributed by atoms with van der Waals surface area (Å²) in [6.45, 7) is 3.44. The molecule has 4 aromatic rings. The zero-order valence-electron chi connectivity index (χ0n) is 18.3. The second kappa shape index (κ2) is 9.30. The van der Waals surface area contributed by atoms with E-state index in [1.807, 2.05) is 41.8 Å². The standard InChI is InChI=1S/C24H23N3O4S2/c1-15(2)27-33(29,30)22-13-19(10-11-21(22)31-3)23(28)26-24-25-20(14-32-24)18-9-8-16-6-4-5-7-17(16)12-18/h4-15,27H,1-3H3,(H,25,26,28). The fourth-order valence-corrected chi connectivity index (χ4v) is 5.54. The number of sulfonamides is 1. The molecule has 0 saturated heterocycles. The van der Waals surface area contributed by atoms with Crippen LogP contribution in [0.1, 0.15) is 24.2 Å². The molecule has 4 rings (SSSR count). The number of carbonyl (C=O) groups excluding carboxylic acids is 1. The molecule has 170 valence electrons. The monoisotopic (exact) mass is 481 g/mol. The summed E-state index contributed by atoms with van der Waals surface area (Å²) in [7, 11) is -2.47. The fraction of sp³-hybridized carbons (Fsp3) is 0.167. The van der Waals surface area contributed by atoms with Crippen molar-refractivity contribution in [3.05, 3.63) is 71.6 Å². The molecule has 0 spiro atoms. The zero-order valence-corrected chi connectivity index (χ0v) is 20.0. The highest BCUT2D eigenvalue weighted by Crippen LogP contribution is 2.29. The molecule has 1 aromatic heterocycles. The number of anilines is 1. The number of thiazole rings is 1. The third kappa shape index (κ3) is 5.05. The van der Waals surface area contributed by atoms with E-state index in [-0.39, 0.29) is 22.3 Å². The minimum atomic E-state index is -3.85. The maximum atomic E-state index is 12.8. The third-order valence-corrected chi connectivity index (χ3v) is 7.31. The van der Waals surface area contributed by atoms with Gasteiger partial charge in [-0.25, -0.2) is 18.1 Å². The number of amides is 1. The molecular formula is C24H23N3O4S2. The number of ether oxygens (including phenoxy) is 1. The molecule has 33 heavy (non-hydrogen) atoms. The number of methoxy groups -OCH3 is 1. The molecule has 1 amide bonds. The number of benzene rings is 3. The first-order valence-electron chi connectivity index (χ1n) is 10.2. The predicted molar refractivity (Wildman–Crippen MR) is 131 cm³/mol. The molecule has 1 heterocycles. The quantitative estimate of drug-likeness (QED) is 0.391. The van der Waals surface area contributed by atoms with Gasteiger partial charge in [0.25, 0.3) is 5.91 Å². The predicted octanol–water partition coefficient (Wildman–Crippen LogP) is 4.91. The summed E-state index contributed by atoms with van der Waals surface area (Å²) in [6.07, 6.45) is 0. The summed E-state index contributed by atoms with van der Waals surface area (Å²) in [4.78, 5) is 17.3.